The Kier molecular flexibility index (Phi) is 4.16. The molecule has 0 aliphatic carbocycles. The van der Waals surface area contributed by atoms with Crippen LogP contribution in [-0.4, -0.2) is 17.7 Å². The average molecular weight is 207 g/mol. The van der Waals surface area contributed by atoms with Crippen molar-refractivity contribution in [2.24, 2.45) is 0 Å². The molecule has 3 nitrogen and oxygen atoms in total. The van der Waals surface area contributed by atoms with Gasteiger partial charge in [-0.25, -0.2) is 0 Å². The molecule has 1 radical (unpaired) electrons. The first-order chi connectivity index (χ1) is 7.11. The monoisotopic (exact) mass is 207 g/mol. The van der Waals surface area contributed by atoms with E-state index in [0.29, 0.717) is 13.0 Å². The average Bonchev–Trinajstić information content (AvgIpc) is 2.15. The standard InChI is InChI=1S/C12H15O3/c1-9-5-3-6-10(2)12(9)15-8-4-7-11(13)14/h5-6H,4,7-8H2,1-2H3,(H,13,14). The normalized spacial score (nSPS) is 10.0. The van der Waals surface area contributed by atoms with Crippen LogP contribution in [0.5, 0.6) is 5.75 Å². The Bertz CT molecular complexity index is 324. The molecule has 3 heteroatoms. The second kappa shape index (κ2) is 5.39. The molecule has 0 fully saturated rings. The zero-order valence-electron chi connectivity index (χ0n) is 9.04. The maximum atomic E-state index is 10.3. The van der Waals surface area contributed by atoms with Gasteiger partial charge in [-0.3, -0.25) is 4.79 Å². The van der Waals surface area contributed by atoms with E-state index in [1.165, 1.54) is 0 Å². The van der Waals surface area contributed by atoms with Gasteiger partial charge in [0.25, 0.3) is 0 Å². The van der Waals surface area contributed by atoms with Crippen molar-refractivity contribution in [3.8, 4) is 5.75 Å². The maximum absolute atomic E-state index is 10.3. The van der Waals surface area contributed by atoms with Crippen molar-refractivity contribution in [3.05, 3.63) is 29.3 Å². The molecule has 0 heterocycles. The van der Waals surface area contributed by atoms with Crippen LogP contribution in [0.4, 0.5) is 0 Å². The zero-order chi connectivity index (χ0) is 11.3. The summed E-state index contributed by atoms with van der Waals surface area (Å²) in [5.41, 5.74) is 2.07. The number of ether oxygens (including phenoxy) is 1. The van der Waals surface area contributed by atoms with Gasteiger partial charge in [0.15, 0.2) is 0 Å². The Morgan fingerprint density at radius 3 is 2.53 bits per heavy atom. The second-order valence-corrected chi connectivity index (χ2v) is 3.50. The molecule has 0 spiro atoms. The van der Waals surface area contributed by atoms with Crippen LogP contribution in [-0.2, 0) is 4.79 Å². The summed E-state index contributed by atoms with van der Waals surface area (Å²) >= 11 is 0. The zero-order valence-corrected chi connectivity index (χ0v) is 9.04. The van der Waals surface area contributed by atoms with Gasteiger partial charge >= 0.3 is 5.97 Å². The SMILES string of the molecule is Cc1c[c]cc(C)c1OCCCC(=O)O. The van der Waals surface area contributed by atoms with Crippen LogP contribution in [0.15, 0.2) is 12.1 Å². The van der Waals surface area contributed by atoms with E-state index in [9.17, 15) is 4.79 Å². The predicted octanol–water partition coefficient (Wildman–Crippen LogP) is 2.35. The molecule has 0 aliphatic heterocycles. The highest BCUT2D eigenvalue weighted by atomic mass is 16.5. The van der Waals surface area contributed by atoms with E-state index in [2.05, 4.69) is 6.07 Å². The smallest absolute Gasteiger partial charge is 0.303 e. The summed E-state index contributed by atoms with van der Waals surface area (Å²) in [5.74, 6) is 0.0626. The third kappa shape index (κ3) is 3.62. The van der Waals surface area contributed by atoms with Crippen molar-refractivity contribution in [3.63, 3.8) is 0 Å². The van der Waals surface area contributed by atoms with Crippen molar-refractivity contribution in [2.75, 3.05) is 6.61 Å². The predicted molar refractivity (Wildman–Crippen MR) is 57.1 cm³/mol. The first kappa shape index (κ1) is 11.6. The molecule has 1 N–H and O–H groups in total. The quantitative estimate of drug-likeness (QED) is 0.754. The topological polar surface area (TPSA) is 46.5 Å². The Morgan fingerprint density at radius 1 is 1.40 bits per heavy atom. The molecule has 0 unspecified atom stereocenters. The Hall–Kier alpha value is -1.51. The molecule has 0 bridgehead atoms. The highest BCUT2D eigenvalue weighted by Crippen LogP contribution is 2.22. The lowest BCUT2D eigenvalue weighted by atomic mass is 10.1. The summed E-state index contributed by atoms with van der Waals surface area (Å²) in [5, 5.41) is 8.46. The summed E-state index contributed by atoms with van der Waals surface area (Å²) in [6, 6.07) is 6.73. The number of hydrogen-bond donors (Lipinski definition) is 1. The molecule has 0 atom stereocenters. The van der Waals surface area contributed by atoms with Crippen molar-refractivity contribution in [1.82, 2.24) is 0 Å². The molecule has 0 aromatic heterocycles. The molecule has 0 saturated carbocycles. The van der Waals surface area contributed by atoms with E-state index in [-0.39, 0.29) is 6.42 Å². The number of carboxylic acids is 1. The van der Waals surface area contributed by atoms with Gasteiger partial charge < -0.3 is 9.84 Å². The fraction of sp³-hybridized carbons (Fsp3) is 0.417. The van der Waals surface area contributed by atoms with Gasteiger partial charge in [0, 0.05) is 6.42 Å². The molecule has 1 aromatic carbocycles. The molecule has 1 rings (SSSR count). The van der Waals surface area contributed by atoms with Crippen LogP contribution >= 0.6 is 0 Å². The lowest BCUT2D eigenvalue weighted by Crippen LogP contribution is -2.03. The van der Waals surface area contributed by atoms with E-state index in [1.54, 1.807) is 0 Å². The van der Waals surface area contributed by atoms with Gasteiger partial charge in [0.05, 0.1) is 6.61 Å². The van der Waals surface area contributed by atoms with Crippen LogP contribution < -0.4 is 4.74 Å². The first-order valence-electron chi connectivity index (χ1n) is 4.93. The van der Waals surface area contributed by atoms with Crippen molar-refractivity contribution in [1.29, 1.82) is 0 Å². The number of carbonyl (C=O) groups is 1. The highest BCUT2D eigenvalue weighted by molar-refractivity contribution is 5.66. The van der Waals surface area contributed by atoms with Gasteiger partial charge in [0.1, 0.15) is 5.75 Å². The molecule has 1 aromatic rings. The number of carboxylic acid groups (broad SMARTS) is 1. The van der Waals surface area contributed by atoms with E-state index in [1.807, 2.05) is 26.0 Å². The number of aliphatic carboxylic acids is 1. The lowest BCUT2D eigenvalue weighted by molar-refractivity contribution is -0.137. The minimum atomic E-state index is -0.784. The van der Waals surface area contributed by atoms with E-state index in [4.69, 9.17) is 9.84 Å². The third-order valence-electron chi connectivity index (χ3n) is 2.10. The van der Waals surface area contributed by atoms with Crippen molar-refractivity contribution < 1.29 is 14.6 Å². The van der Waals surface area contributed by atoms with Gasteiger partial charge in [-0.05, 0) is 49.6 Å². The Balaban J connectivity index is 2.47. The molecule has 81 valence electrons. The Morgan fingerprint density at radius 2 is 2.00 bits per heavy atom. The van der Waals surface area contributed by atoms with Gasteiger partial charge in [-0.2, -0.15) is 0 Å². The van der Waals surface area contributed by atoms with Crippen LogP contribution in [0.25, 0.3) is 0 Å². The summed E-state index contributed by atoms with van der Waals surface area (Å²) in [4.78, 5) is 10.3. The molecule has 0 aliphatic rings. The first-order valence-corrected chi connectivity index (χ1v) is 4.93. The summed E-state index contributed by atoms with van der Waals surface area (Å²) in [6.45, 7) is 4.35. The Labute approximate surface area is 89.7 Å². The highest BCUT2D eigenvalue weighted by Gasteiger charge is 2.03. The van der Waals surface area contributed by atoms with Gasteiger partial charge in [-0.15, -0.1) is 0 Å². The van der Waals surface area contributed by atoms with E-state index >= 15 is 0 Å². The van der Waals surface area contributed by atoms with Crippen molar-refractivity contribution >= 4 is 5.97 Å². The molecular formula is C12H15O3. The minimum absolute atomic E-state index is 0.150. The fourth-order valence-corrected chi connectivity index (χ4v) is 1.36. The number of hydrogen-bond acceptors (Lipinski definition) is 2. The molecular weight excluding hydrogens is 192 g/mol. The fourth-order valence-electron chi connectivity index (χ4n) is 1.36. The van der Waals surface area contributed by atoms with Crippen molar-refractivity contribution in [2.45, 2.75) is 26.7 Å². The molecule has 0 saturated heterocycles. The summed E-state index contributed by atoms with van der Waals surface area (Å²) in [6.07, 6.45) is 0.684. The number of benzene rings is 1. The molecule has 0 amide bonds. The van der Waals surface area contributed by atoms with Crippen LogP contribution in [0.3, 0.4) is 0 Å². The lowest BCUT2D eigenvalue weighted by Gasteiger charge is -2.10. The van der Waals surface area contributed by atoms with E-state index in [0.717, 1.165) is 16.9 Å². The third-order valence-corrected chi connectivity index (χ3v) is 2.10. The van der Waals surface area contributed by atoms with Crippen LogP contribution in [0, 0.1) is 19.9 Å². The van der Waals surface area contributed by atoms with Gasteiger partial charge in [-0.1, -0.05) is 0 Å². The van der Waals surface area contributed by atoms with E-state index < -0.39 is 5.97 Å². The minimum Gasteiger partial charge on any atom is -0.493 e. The number of aryl methyl sites for hydroxylation is 2. The summed E-state index contributed by atoms with van der Waals surface area (Å²) in [7, 11) is 0. The largest absolute Gasteiger partial charge is 0.493 e. The summed E-state index contributed by atoms with van der Waals surface area (Å²) < 4.78 is 5.53. The molecule has 15 heavy (non-hydrogen) atoms. The maximum Gasteiger partial charge on any atom is 0.303 e. The number of rotatable bonds is 5. The van der Waals surface area contributed by atoms with Gasteiger partial charge in [0.2, 0.25) is 0 Å². The second-order valence-electron chi connectivity index (χ2n) is 3.50. The van der Waals surface area contributed by atoms with Crippen LogP contribution in [0.2, 0.25) is 0 Å². The van der Waals surface area contributed by atoms with Crippen LogP contribution in [0.1, 0.15) is 24.0 Å².